The second-order valence-corrected chi connectivity index (χ2v) is 50.2. The summed E-state index contributed by atoms with van der Waals surface area (Å²) in [5.74, 6) is 5.04. The molecule has 2 atom stereocenters. The number of halogens is 8. The number of aromatic amines is 4. The summed E-state index contributed by atoms with van der Waals surface area (Å²) in [7, 11) is -11.9. The molecule has 146 heavy (non-hydrogen) atoms. The Kier molecular flexibility index (Phi) is 33.7. The smallest absolute Gasteiger partial charge is 0.229 e. The molecule has 8 saturated heterocycles. The van der Waals surface area contributed by atoms with Crippen LogP contribution in [0.5, 0.6) is 0 Å². The van der Waals surface area contributed by atoms with Gasteiger partial charge in [-0.15, -0.1) is 0 Å². The summed E-state index contributed by atoms with van der Waals surface area (Å²) >= 11 is 31.9. The van der Waals surface area contributed by atoms with Crippen molar-refractivity contribution < 1.29 is 46.8 Å². The molecule has 12 aromatic rings. The molecule has 16 heterocycles. The third kappa shape index (κ3) is 27.1. The van der Waals surface area contributed by atoms with E-state index < -0.39 is 39.7 Å². The Bertz CT molecular complexity index is 6800. The molecular formula is C100H122Cl5F3N26O8S4. The highest BCUT2D eigenvalue weighted by Crippen LogP contribution is 2.43. The molecule has 20 rings (SSSR count). The van der Waals surface area contributed by atoms with Crippen LogP contribution in [0, 0.1) is 72.8 Å². The molecule has 780 valence electrons. The van der Waals surface area contributed by atoms with Gasteiger partial charge in [-0.25, -0.2) is 85.4 Å². The van der Waals surface area contributed by atoms with Gasteiger partial charge < -0.3 is 21.3 Å². The van der Waals surface area contributed by atoms with Crippen molar-refractivity contribution >= 4 is 144 Å². The van der Waals surface area contributed by atoms with Crippen LogP contribution in [0.15, 0.2) is 97.6 Å². The summed E-state index contributed by atoms with van der Waals surface area (Å²) in [5.41, 5.74) is 17.4. The number of rotatable bonds is 26. The number of H-pyrrole nitrogens is 4. The van der Waals surface area contributed by atoms with Crippen LogP contribution in [0.25, 0.3) is 0 Å². The minimum atomic E-state index is -3.14. The van der Waals surface area contributed by atoms with Gasteiger partial charge in [0.15, 0.2) is 42.9 Å². The highest BCUT2D eigenvalue weighted by Gasteiger charge is 2.43. The molecule has 8 aliphatic heterocycles. The highest BCUT2D eigenvalue weighted by molar-refractivity contribution is 7.93. The molecule has 4 aromatic carbocycles. The van der Waals surface area contributed by atoms with Crippen molar-refractivity contribution in [3.8, 4) is 0 Å². The number of nitrogens with one attached hydrogen (secondary N) is 8. The van der Waals surface area contributed by atoms with Crippen molar-refractivity contribution in [2.75, 3.05) is 135 Å². The summed E-state index contributed by atoms with van der Waals surface area (Å²) in [6.45, 7) is 25.1. The Morgan fingerprint density at radius 2 is 0.705 bits per heavy atom. The number of benzene rings is 4. The van der Waals surface area contributed by atoms with Gasteiger partial charge in [0.2, 0.25) is 31.9 Å². The first kappa shape index (κ1) is 107. The fourth-order valence-corrected chi connectivity index (χ4v) is 26.7. The number of sulfonamides is 2. The number of aromatic nitrogens is 16. The maximum Gasteiger partial charge on any atom is 0.229 e. The zero-order valence-electron chi connectivity index (χ0n) is 83.0. The van der Waals surface area contributed by atoms with Crippen LogP contribution < -0.4 is 21.3 Å². The van der Waals surface area contributed by atoms with Gasteiger partial charge >= 0.3 is 0 Å². The van der Waals surface area contributed by atoms with Crippen molar-refractivity contribution in [2.45, 2.75) is 193 Å². The molecule has 46 heteroatoms. The van der Waals surface area contributed by atoms with Gasteiger partial charge in [0.1, 0.15) is 39.1 Å². The van der Waals surface area contributed by atoms with Crippen LogP contribution in [0.3, 0.4) is 0 Å². The molecule has 0 unspecified atom stereocenters. The number of likely N-dealkylation sites (tertiary alicyclic amines) is 4. The van der Waals surface area contributed by atoms with E-state index in [9.17, 15) is 33.7 Å². The van der Waals surface area contributed by atoms with E-state index >= 15 is 13.2 Å². The normalized spacial score (nSPS) is 19.4. The van der Waals surface area contributed by atoms with Gasteiger partial charge in [0, 0.05) is 134 Å². The van der Waals surface area contributed by atoms with E-state index in [4.69, 9.17) is 58.0 Å². The van der Waals surface area contributed by atoms with Gasteiger partial charge in [0.25, 0.3) is 0 Å². The number of sulfone groups is 2. The fourth-order valence-electron chi connectivity index (χ4n) is 21.1. The van der Waals surface area contributed by atoms with Crippen molar-refractivity contribution in [1.82, 2.24) is 109 Å². The lowest BCUT2D eigenvalue weighted by Crippen LogP contribution is -2.55. The first-order valence-corrected chi connectivity index (χ1v) is 58.3. The Hall–Kier alpha value is -9.96. The van der Waals surface area contributed by atoms with E-state index in [-0.39, 0.29) is 95.4 Å². The molecule has 0 saturated carbocycles. The number of nitrogens with zero attached hydrogens (tertiary/aromatic N) is 18. The lowest BCUT2D eigenvalue weighted by atomic mass is 9.85. The summed E-state index contributed by atoms with van der Waals surface area (Å²) in [6.07, 6.45) is 19.4. The van der Waals surface area contributed by atoms with Crippen LogP contribution >= 0.6 is 58.0 Å². The third-order valence-corrected chi connectivity index (χ3v) is 36.6. The van der Waals surface area contributed by atoms with Gasteiger partial charge in [-0.3, -0.25) is 40.0 Å². The molecule has 8 aromatic heterocycles. The average Bonchev–Trinajstić information content (AvgIpc) is 0.848. The second-order valence-electron chi connectivity index (χ2n) is 39.9. The summed E-state index contributed by atoms with van der Waals surface area (Å²) < 4.78 is 142. The van der Waals surface area contributed by atoms with Crippen LogP contribution in [0.1, 0.15) is 201 Å². The van der Waals surface area contributed by atoms with E-state index in [0.717, 1.165) is 201 Å². The summed E-state index contributed by atoms with van der Waals surface area (Å²) in [6, 6.07) is 23.1. The topological polar surface area (TPSA) is 422 Å². The van der Waals surface area contributed by atoms with Gasteiger partial charge in [-0.2, -0.15) is 30.4 Å². The van der Waals surface area contributed by atoms with Crippen molar-refractivity contribution in [3.05, 3.63) is 253 Å². The molecule has 0 radical (unpaired) electrons. The molecular weight excluding hydrogens is 2060 g/mol. The highest BCUT2D eigenvalue weighted by atomic mass is 35.5. The molecule has 0 aliphatic carbocycles. The van der Waals surface area contributed by atoms with E-state index in [1.807, 2.05) is 97.9 Å². The minimum Gasteiger partial charge on any atom is -0.324 e. The van der Waals surface area contributed by atoms with E-state index in [0.29, 0.717) is 145 Å². The molecule has 8 fully saturated rings. The molecule has 0 amide bonds. The molecule has 0 spiro atoms. The van der Waals surface area contributed by atoms with Crippen molar-refractivity contribution in [2.24, 2.45) is 0 Å². The van der Waals surface area contributed by atoms with Crippen LogP contribution in [0.2, 0.25) is 25.1 Å². The Morgan fingerprint density at radius 3 is 1.06 bits per heavy atom. The zero-order chi connectivity index (χ0) is 104. The Morgan fingerprint density at radius 1 is 0.356 bits per heavy atom. The number of hydrogen-bond acceptors (Lipinski definition) is 28. The Labute approximate surface area is 874 Å². The first-order chi connectivity index (χ1) is 69.5. The number of aryl methyl sites for hydroxylation is 8. The standard InChI is InChI=1S/2C27H34ClFN6O2S.C23H27Cl2N7O2S.C23H27ClFN7O2S/c2*1-17-10-20(12-27-30-15-24(28)26(31-27)13-21-11-18(2)32-33-21)25(29)14-23(17)19-4-7-34(8-5-19)22-6-9-35(16-22)38(3,36)37;1-13-7-17(15-3-5-32(6-4-15)16-11-35(33,34)12-16)18(24)9-20(13)27-23-26-10-19(25)22(29-23)28-21-8-14(2)30-31-21;1-13-7-20(27-23-26-10-18(24)22(29-23)28-21-8-14(2)30-31-21)19(25)9-17(13)15-3-5-32(6-4-15)16-11-35(33,34)12-16/h2*10-11,14-15,19,22H,4-9,12-13,16H2,1-3H3,(H,32,33);2*7-10,15-16H,3-6,11-12H2,1-2H3,(H3,26,27,28,29,30,31)/t2*22-;;/m10../s1. The van der Waals surface area contributed by atoms with Gasteiger partial charge in [0.05, 0.1) is 86.4 Å². The van der Waals surface area contributed by atoms with Gasteiger partial charge in [-0.05, 0) is 294 Å². The largest absolute Gasteiger partial charge is 0.324 e. The van der Waals surface area contributed by atoms with Crippen molar-refractivity contribution in [3.63, 3.8) is 0 Å². The predicted molar refractivity (Wildman–Crippen MR) is 564 cm³/mol. The molecule has 0 bridgehead atoms. The predicted octanol–water partition coefficient (Wildman–Crippen LogP) is 16.7. The quantitative estimate of drug-likeness (QED) is 0.0250. The van der Waals surface area contributed by atoms with E-state index in [2.05, 4.69) is 128 Å². The monoisotopic (exact) mass is 2170 g/mol. The summed E-state index contributed by atoms with van der Waals surface area (Å²) in [5, 5.41) is 43.0. The number of hydrogen-bond donors (Lipinski definition) is 8. The van der Waals surface area contributed by atoms with Crippen molar-refractivity contribution in [1.29, 1.82) is 0 Å². The summed E-state index contributed by atoms with van der Waals surface area (Å²) in [4.78, 5) is 44.6. The van der Waals surface area contributed by atoms with E-state index in [1.165, 1.54) is 24.9 Å². The first-order valence-electron chi connectivity index (χ1n) is 49.1. The molecule has 34 nitrogen and oxygen atoms in total. The maximum atomic E-state index is 15.3. The minimum absolute atomic E-state index is 0.140. The van der Waals surface area contributed by atoms with Crippen LogP contribution in [-0.4, -0.2) is 281 Å². The van der Waals surface area contributed by atoms with Crippen LogP contribution in [-0.2, 0) is 65.4 Å². The fraction of sp³-hybridized carbons (Fsp3) is 0.480. The van der Waals surface area contributed by atoms with Crippen LogP contribution in [0.4, 0.5) is 59.7 Å². The zero-order valence-corrected chi connectivity index (χ0v) is 90.1. The average molecular weight is 2180 g/mol. The lowest BCUT2D eigenvalue weighted by molar-refractivity contribution is 0.157. The number of anilines is 8. The van der Waals surface area contributed by atoms with Gasteiger partial charge in [-0.1, -0.05) is 76.2 Å². The lowest BCUT2D eigenvalue weighted by Gasteiger charge is -2.41. The Balaban J connectivity index is 0.000000133. The van der Waals surface area contributed by atoms with E-state index in [1.54, 1.807) is 45.3 Å². The number of piperidine rings is 4. The SMILES string of the molecule is Cc1cc(Cc2nc(Cc3cc(C)c(C4CCN([C@@H]5CCN(S(C)(=O)=O)C5)CC4)cc3F)ncc2Cl)n[nH]1.Cc1cc(Cc2nc(Cc3cc(C)c(C4CCN([C@H]5CCN(S(C)(=O)=O)C5)CC4)cc3F)ncc2Cl)n[nH]1.Cc1cc(Nc2nc(Nc3cc(C)c(C4CCN(C5CS(=O)(=O)C5)CC4)cc3F)ncc2Cl)n[nH]1.Cc1cc(Nc2nc(Nc3cc(Cl)c(C4CCN(C5CS(=O)(=O)C5)CC4)cc3C)ncc2Cl)n[nH]1. The third-order valence-electron chi connectivity index (χ3n) is 29.0. The second kappa shape index (κ2) is 45.8. The molecule has 8 aliphatic rings. The molecule has 8 N–H and O–H groups in total. The maximum absolute atomic E-state index is 15.3.